The maximum absolute atomic E-state index is 5.31. The lowest BCUT2D eigenvalue weighted by atomic mass is 10.4. The van der Waals surface area contributed by atoms with Crippen LogP contribution >= 0.6 is 0 Å². The van der Waals surface area contributed by atoms with Gasteiger partial charge in [0, 0.05) is 0 Å². The molecule has 0 saturated heterocycles. The molecule has 0 aliphatic rings. The largest absolute Gasteiger partial charge is 0.301 e. The van der Waals surface area contributed by atoms with E-state index in [2.05, 4.69) is 5.32 Å². The van der Waals surface area contributed by atoms with Crippen LogP contribution in [-0.2, 0) is 0 Å². The monoisotopic (exact) mass is 103 g/mol. The third kappa shape index (κ3) is 5.88. The Labute approximate surface area is 44.1 Å². The third-order valence-electron chi connectivity index (χ3n) is 0.558. The molecule has 0 aromatic heterocycles. The van der Waals surface area contributed by atoms with Gasteiger partial charge in [-0.25, -0.2) is 0 Å². The molecular formula is C4H13N3. The van der Waals surface area contributed by atoms with Crippen LogP contribution in [0.1, 0.15) is 13.8 Å². The van der Waals surface area contributed by atoms with Crippen LogP contribution in [0, 0.1) is 0 Å². The molecule has 0 radical (unpaired) electrons. The predicted octanol–water partition coefficient (Wildman–Crippen LogP) is -0.813. The molecule has 0 atom stereocenters. The van der Waals surface area contributed by atoms with Gasteiger partial charge in [-0.2, -0.15) is 0 Å². The van der Waals surface area contributed by atoms with Gasteiger partial charge in [-0.1, -0.05) is 6.92 Å². The van der Waals surface area contributed by atoms with E-state index in [0.717, 1.165) is 6.54 Å². The fourth-order valence-corrected chi connectivity index (χ4v) is 0.381. The molecule has 0 unspecified atom stereocenters. The van der Waals surface area contributed by atoms with Gasteiger partial charge in [0.1, 0.15) is 5.79 Å². The molecule has 0 aliphatic carbocycles. The van der Waals surface area contributed by atoms with Crippen LogP contribution in [0.2, 0.25) is 0 Å². The minimum Gasteiger partial charge on any atom is -0.301 e. The van der Waals surface area contributed by atoms with Gasteiger partial charge in [0.2, 0.25) is 0 Å². The van der Waals surface area contributed by atoms with E-state index in [9.17, 15) is 0 Å². The number of rotatable bonds is 2. The summed E-state index contributed by atoms with van der Waals surface area (Å²) in [6.07, 6.45) is 0. The van der Waals surface area contributed by atoms with Crippen molar-refractivity contribution in [3.63, 3.8) is 0 Å². The van der Waals surface area contributed by atoms with Crippen LogP contribution in [0.15, 0.2) is 0 Å². The van der Waals surface area contributed by atoms with E-state index in [1.165, 1.54) is 0 Å². The van der Waals surface area contributed by atoms with Crippen molar-refractivity contribution in [3.05, 3.63) is 0 Å². The van der Waals surface area contributed by atoms with Crippen LogP contribution in [0.4, 0.5) is 0 Å². The average Bonchev–Trinajstić information content (AvgIpc) is 1.30. The van der Waals surface area contributed by atoms with E-state index in [4.69, 9.17) is 11.5 Å². The quantitative estimate of drug-likeness (QED) is 0.400. The van der Waals surface area contributed by atoms with E-state index >= 15 is 0 Å². The van der Waals surface area contributed by atoms with Gasteiger partial charge in [-0.3, -0.25) is 5.32 Å². The Morgan fingerprint density at radius 3 is 2.00 bits per heavy atom. The second-order valence-corrected chi connectivity index (χ2v) is 1.81. The molecule has 7 heavy (non-hydrogen) atoms. The molecule has 0 saturated carbocycles. The lowest BCUT2D eigenvalue weighted by molar-refractivity contribution is 0.392. The van der Waals surface area contributed by atoms with Gasteiger partial charge in [0.25, 0.3) is 0 Å². The molecule has 5 N–H and O–H groups in total. The van der Waals surface area contributed by atoms with Gasteiger partial charge in [0.15, 0.2) is 0 Å². The molecule has 3 nitrogen and oxygen atoms in total. The van der Waals surface area contributed by atoms with Crippen LogP contribution in [0.3, 0.4) is 0 Å². The van der Waals surface area contributed by atoms with E-state index < -0.39 is 5.79 Å². The Hall–Kier alpha value is -0.120. The van der Waals surface area contributed by atoms with Crippen LogP contribution < -0.4 is 16.8 Å². The summed E-state index contributed by atoms with van der Waals surface area (Å²) in [7, 11) is 0. The highest BCUT2D eigenvalue weighted by molar-refractivity contribution is 4.63. The first-order valence-corrected chi connectivity index (χ1v) is 2.39. The molecular weight excluding hydrogens is 90.1 g/mol. The SMILES string of the molecule is CCNC(C)(N)N. The lowest BCUT2D eigenvalue weighted by Gasteiger charge is -2.18. The molecule has 0 bridgehead atoms. The van der Waals surface area contributed by atoms with Crippen molar-refractivity contribution in [1.82, 2.24) is 5.32 Å². The predicted molar refractivity (Wildman–Crippen MR) is 30.5 cm³/mol. The third-order valence-corrected chi connectivity index (χ3v) is 0.558. The summed E-state index contributed by atoms with van der Waals surface area (Å²) in [5.74, 6) is -0.700. The van der Waals surface area contributed by atoms with Crippen molar-refractivity contribution >= 4 is 0 Å². The summed E-state index contributed by atoms with van der Waals surface area (Å²) in [5.41, 5.74) is 10.6. The first-order chi connectivity index (χ1) is 3.06. The van der Waals surface area contributed by atoms with Gasteiger partial charge < -0.3 is 11.5 Å². The molecule has 0 aromatic rings. The van der Waals surface area contributed by atoms with Crippen LogP contribution in [-0.4, -0.2) is 12.3 Å². The zero-order valence-electron chi connectivity index (χ0n) is 4.86. The van der Waals surface area contributed by atoms with E-state index in [-0.39, 0.29) is 0 Å². The van der Waals surface area contributed by atoms with Gasteiger partial charge in [-0.15, -0.1) is 0 Å². The lowest BCUT2D eigenvalue weighted by Crippen LogP contribution is -2.58. The van der Waals surface area contributed by atoms with E-state index in [0.29, 0.717) is 0 Å². The summed E-state index contributed by atoms with van der Waals surface area (Å²) in [6.45, 7) is 4.48. The second kappa shape index (κ2) is 2.26. The van der Waals surface area contributed by atoms with E-state index in [1.54, 1.807) is 6.92 Å². The Morgan fingerprint density at radius 2 is 2.00 bits per heavy atom. The fraction of sp³-hybridized carbons (Fsp3) is 1.00. The molecule has 0 aliphatic heterocycles. The summed E-state index contributed by atoms with van der Waals surface area (Å²) in [4.78, 5) is 0. The Balaban J connectivity index is 3.15. The van der Waals surface area contributed by atoms with Crippen molar-refractivity contribution in [2.45, 2.75) is 19.6 Å². The molecule has 0 fully saturated rings. The van der Waals surface area contributed by atoms with Crippen molar-refractivity contribution < 1.29 is 0 Å². The molecule has 44 valence electrons. The summed E-state index contributed by atoms with van der Waals surface area (Å²) in [5, 5.41) is 2.84. The smallest absolute Gasteiger partial charge is 0.115 e. The normalized spacial score (nSPS) is 12.0. The Bertz CT molecular complexity index is 45.4. The maximum atomic E-state index is 5.31. The van der Waals surface area contributed by atoms with Gasteiger partial charge in [0.05, 0.1) is 0 Å². The highest BCUT2D eigenvalue weighted by Crippen LogP contribution is 1.74. The molecule has 0 heterocycles. The Morgan fingerprint density at radius 1 is 1.57 bits per heavy atom. The molecule has 0 aromatic carbocycles. The first kappa shape index (κ1) is 6.88. The second-order valence-electron chi connectivity index (χ2n) is 1.81. The number of nitrogens with two attached hydrogens (primary N) is 2. The topological polar surface area (TPSA) is 64.1 Å². The first-order valence-electron chi connectivity index (χ1n) is 2.39. The highest BCUT2D eigenvalue weighted by Gasteiger charge is 2.05. The van der Waals surface area contributed by atoms with Crippen molar-refractivity contribution in [3.8, 4) is 0 Å². The summed E-state index contributed by atoms with van der Waals surface area (Å²) < 4.78 is 0. The minimum absolute atomic E-state index is 0.700. The van der Waals surface area contributed by atoms with Gasteiger partial charge in [-0.05, 0) is 13.5 Å². The van der Waals surface area contributed by atoms with E-state index in [1.807, 2.05) is 6.92 Å². The Kier molecular flexibility index (Phi) is 2.22. The fourth-order valence-electron chi connectivity index (χ4n) is 0.381. The standard InChI is InChI=1S/C4H13N3/c1-3-7-4(2,5)6/h7H,3,5-6H2,1-2H3. The number of nitrogens with one attached hydrogen (secondary N) is 1. The maximum Gasteiger partial charge on any atom is 0.115 e. The zero-order valence-corrected chi connectivity index (χ0v) is 4.86. The average molecular weight is 103 g/mol. The van der Waals surface area contributed by atoms with Crippen LogP contribution in [0.25, 0.3) is 0 Å². The summed E-state index contributed by atoms with van der Waals surface area (Å²) >= 11 is 0. The van der Waals surface area contributed by atoms with Crippen molar-refractivity contribution in [2.75, 3.05) is 6.54 Å². The molecule has 0 rings (SSSR count). The molecule has 0 amide bonds. The minimum atomic E-state index is -0.700. The molecule has 3 heteroatoms. The van der Waals surface area contributed by atoms with Crippen molar-refractivity contribution in [1.29, 1.82) is 0 Å². The zero-order chi connectivity index (χ0) is 5.91. The summed E-state index contributed by atoms with van der Waals surface area (Å²) in [6, 6.07) is 0. The highest BCUT2D eigenvalue weighted by atomic mass is 15.2. The number of hydrogen-bond donors (Lipinski definition) is 3. The molecule has 0 spiro atoms. The number of hydrogen-bond acceptors (Lipinski definition) is 3. The van der Waals surface area contributed by atoms with Crippen LogP contribution in [0.5, 0.6) is 0 Å². The van der Waals surface area contributed by atoms with Crippen molar-refractivity contribution in [2.24, 2.45) is 11.5 Å². The van der Waals surface area contributed by atoms with Gasteiger partial charge >= 0.3 is 0 Å².